The number of hydrogen-bond acceptors (Lipinski definition) is 7. The number of halogens is 4. The number of rotatable bonds is 13. The molecular weight excluding hydrogens is 553 g/mol. The van der Waals surface area contributed by atoms with E-state index in [1.165, 1.54) is 17.5 Å². The van der Waals surface area contributed by atoms with Crippen LogP contribution in [0, 0.1) is 0 Å². The fraction of sp³-hybridized carbons (Fsp3) is 0.444. The van der Waals surface area contributed by atoms with E-state index in [-0.39, 0.29) is 29.8 Å². The highest BCUT2D eigenvalue weighted by Gasteiger charge is 2.32. The Kier molecular flexibility index (Phi) is 9.75. The molecule has 1 N–H and O–H groups in total. The lowest BCUT2D eigenvalue weighted by atomic mass is 10.1. The summed E-state index contributed by atoms with van der Waals surface area (Å²) in [6.45, 7) is 3.62. The fourth-order valence-electron chi connectivity index (χ4n) is 4.34. The molecule has 0 radical (unpaired) electrons. The fourth-order valence-corrected chi connectivity index (χ4v) is 4.54. The maximum atomic E-state index is 13.1. The average molecular weight is 583 g/mol. The number of carboxylic acids is 1. The van der Waals surface area contributed by atoms with Gasteiger partial charge >= 0.3 is 12.1 Å². The molecule has 1 aromatic carbocycles. The van der Waals surface area contributed by atoms with Crippen LogP contribution in [0.3, 0.4) is 0 Å². The Balaban J connectivity index is 1.45. The van der Waals surface area contributed by atoms with Crippen LogP contribution in [-0.4, -0.2) is 63.6 Å². The molecule has 3 heterocycles. The van der Waals surface area contributed by atoms with Crippen LogP contribution in [0.1, 0.15) is 36.0 Å². The van der Waals surface area contributed by atoms with E-state index in [1.54, 1.807) is 25.4 Å². The first-order chi connectivity index (χ1) is 19.1. The summed E-state index contributed by atoms with van der Waals surface area (Å²) in [6.07, 6.45) is 0.830. The maximum Gasteiger partial charge on any atom is 0.417 e. The van der Waals surface area contributed by atoms with Crippen LogP contribution < -0.4 is 14.2 Å². The maximum absolute atomic E-state index is 13.1. The highest BCUT2D eigenvalue weighted by molar-refractivity contribution is 6.31. The van der Waals surface area contributed by atoms with Crippen molar-refractivity contribution in [2.24, 2.45) is 7.05 Å². The summed E-state index contributed by atoms with van der Waals surface area (Å²) in [7, 11) is 1.68. The third-order valence-electron chi connectivity index (χ3n) is 6.29. The second-order valence-corrected chi connectivity index (χ2v) is 9.84. The van der Waals surface area contributed by atoms with Gasteiger partial charge in [0.25, 0.3) is 0 Å². The molecule has 40 heavy (non-hydrogen) atoms. The standard InChI is InChI=1S/C27H30ClF3N4O5/c1-34-17-19(13-24(36)37)25(33-34)39-11-4-5-18-6-7-21(38-12-10-35-8-2-3-9-35)15-23(18)40-26-22(28)14-20(16-32-26)27(29,30)31/h6-7,14-17H,2-5,8-13H2,1H3,(H,36,37). The number of carbonyl (C=O) groups is 1. The zero-order chi connectivity index (χ0) is 28.7. The molecule has 0 saturated carbocycles. The molecule has 0 atom stereocenters. The molecule has 4 rings (SSSR count). The van der Waals surface area contributed by atoms with Crippen molar-refractivity contribution in [2.75, 3.05) is 32.8 Å². The molecule has 13 heteroatoms. The Bertz CT molecular complexity index is 1310. The van der Waals surface area contributed by atoms with E-state index in [9.17, 15) is 18.0 Å². The summed E-state index contributed by atoms with van der Waals surface area (Å²) >= 11 is 6.09. The molecule has 216 valence electrons. The van der Waals surface area contributed by atoms with Gasteiger partial charge in [-0.25, -0.2) is 4.98 Å². The predicted molar refractivity (Wildman–Crippen MR) is 140 cm³/mol. The first kappa shape index (κ1) is 29.5. The molecule has 2 aromatic heterocycles. The molecule has 0 spiro atoms. The van der Waals surface area contributed by atoms with Crippen LogP contribution in [0.15, 0.2) is 36.7 Å². The number of carboxylic acid groups (broad SMARTS) is 1. The highest BCUT2D eigenvalue weighted by atomic mass is 35.5. The minimum Gasteiger partial charge on any atom is -0.492 e. The van der Waals surface area contributed by atoms with Gasteiger partial charge in [0.05, 0.1) is 18.6 Å². The van der Waals surface area contributed by atoms with Gasteiger partial charge in [-0.1, -0.05) is 17.7 Å². The molecule has 0 aliphatic carbocycles. The molecular formula is C27H30ClF3N4O5. The van der Waals surface area contributed by atoms with E-state index in [4.69, 9.17) is 30.9 Å². The number of nitrogens with zero attached hydrogens (tertiary/aromatic N) is 4. The molecule has 1 aliphatic heterocycles. The minimum atomic E-state index is -4.58. The summed E-state index contributed by atoms with van der Waals surface area (Å²) in [5.41, 5.74) is 0.232. The van der Waals surface area contributed by atoms with Crippen molar-refractivity contribution < 1.29 is 37.3 Å². The number of alkyl halides is 3. The summed E-state index contributed by atoms with van der Waals surface area (Å²) in [6, 6.07) is 6.06. The monoisotopic (exact) mass is 582 g/mol. The van der Waals surface area contributed by atoms with Crippen LogP contribution in [0.5, 0.6) is 23.3 Å². The number of ether oxygens (including phenoxy) is 3. The molecule has 3 aromatic rings. The van der Waals surface area contributed by atoms with Crippen molar-refractivity contribution in [3.8, 4) is 23.3 Å². The second-order valence-electron chi connectivity index (χ2n) is 9.43. The molecule has 1 saturated heterocycles. The number of aromatic nitrogens is 3. The average Bonchev–Trinajstić information content (AvgIpc) is 3.52. The minimum absolute atomic E-state index is 0.159. The van der Waals surface area contributed by atoms with Crippen LogP contribution in [0.25, 0.3) is 0 Å². The third-order valence-corrected chi connectivity index (χ3v) is 6.56. The van der Waals surface area contributed by atoms with Crippen molar-refractivity contribution in [1.29, 1.82) is 0 Å². The Hall–Kier alpha value is -3.51. The van der Waals surface area contributed by atoms with E-state index >= 15 is 0 Å². The van der Waals surface area contributed by atoms with Gasteiger partial charge in [-0.2, -0.15) is 13.2 Å². The largest absolute Gasteiger partial charge is 0.492 e. The van der Waals surface area contributed by atoms with Gasteiger partial charge in [0, 0.05) is 37.6 Å². The van der Waals surface area contributed by atoms with Crippen molar-refractivity contribution in [1.82, 2.24) is 19.7 Å². The summed E-state index contributed by atoms with van der Waals surface area (Å²) in [5.74, 6) is -0.00350. The van der Waals surface area contributed by atoms with E-state index < -0.39 is 17.7 Å². The zero-order valence-electron chi connectivity index (χ0n) is 21.9. The lowest BCUT2D eigenvalue weighted by Gasteiger charge is -2.17. The summed E-state index contributed by atoms with van der Waals surface area (Å²) in [4.78, 5) is 17.2. The number of pyridine rings is 1. The SMILES string of the molecule is Cn1cc(CC(=O)O)c(OCCCc2ccc(OCCN3CCCC3)cc2Oc2ncc(C(F)(F)F)cc2Cl)n1. The van der Waals surface area contributed by atoms with Crippen LogP contribution >= 0.6 is 11.6 Å². The van der Waals surface area contributed by atoms with Gasteiger partial charge in [0.2, 0.25) is 11.8 Å². The molecule has 9 nitrogen and oxygen atoms in total. The van der Waals surface area contributed by atoms with Gasteiger partial charge in [-0.05, 0) is 56.5 Å². The number of aliphatic carboxylic acids is 1. The van der Waals surface area contributed by atoms with Crippen LogP contribution in [-0.2, 0) is 30.9 Å². The number of benzene rings is 1. The van der Waals surface area contributed by atoms with Crippen LogP contribution in [0.4, 0.5) is 13.2 Å². The Morgan fingerprint density at radius 2 is 1.88 bits per heavy atom. The van der Waals surface area contributed by atoms with Gasteiger partial charge < -0.3 is 19.3 Å². The smallest absolute Gasteiger partial charge is 0.417 e. The molecule has 0 bridgehead atoms. The third kappa shape index (κ3) is 8.25. The first-order valence-electron chi connectivity index (χ1n) is 12.8. The summed E-state index contributed by atoms with van der Waals surface area (Å²) in [5, 5.41) is 13.0. The van der Waals surface area contributed by atoms with E-state index in [2.05, 4.69) is 15.0 Å². The normalized spacial score (nSPS) is 13.9. The lowest BCUT2D eigenvalue weighted by molar-refractivity contribution is -0.138. The van der Waals surface area contributed by atoms with Crippen molar-refractivity contribution >= 4 is 17.6 Å². The van der Waals surface area contributed by atoms with Gasteiger partial charge in [0.1, 0.15) is 23.1 Å². The van der Waals surface area contributed by atoms with Gasteiger partial charge in [0.15, 0.2) is 0 Å². The van der Waals surface area contributed by atoms with E-state index in [0.717, 1.165) is 31.3 Å². The Morgan fingerprint density at radius 1 is 1.10 bits per heavy atom. The van der Waals surface area contributed by atoms with Crippen LogP contribution in [0.2, 0.25) is 5.02 Å². The Labute approximate surface area is 234 Å². The van der Waals surface area contributed by atoms with Crippen molar-refractivity contribution in [3.63, 3.8) is 0 Å². The van der Waals surface area contributed by atoms with E-state index in [1.807, 2.05) is 6.07 Å². The van der Waals surface area contributed by atoms with Gasteiger partial charge in [-0.3, -0.25) is 14.4 Å². The number of aryl methyl sites for hydroxylation is 2. The van der Waals surface area contributed by atoms with Gasteiger partial charge in [-0.15, -0.1) is 5.10 Å². The van der Waals surface area contributed by atoms with E-state index in [0.29, 0.717) is 42.7 Å². The first-order valence-corrected chi connectivity index (χ1v) is 13.2. The predicted octanol–water partition coefficient (Wildman–Crippen LogP) is 5.39. The molecule has 0 amide bonds. The molecule has 1 aliphatic rings. The number of hydrogen-bond donors (Lipinski definition) is 1. The Morgan fingerprint density at radius 3 is 2.58 bits per heavy atom. The summed E-state index contributed by atoms with van der Waals surface area (Å²) < 4.78 is 58.2. The zero-order valence-corrected chi connectivity index (χ0v) is 22.7. The quantitative estimate of drug-likeness (QED) is 0.268. The molecule has 0 unspecified atom stereocenters. The highest BCUT2D eigenvalue weighted by Crippen LogP contribution is 2.36. The van der Waals surface area contributed by atoms with Crippen molar-refractivity contribution in [3.05, 3.63) is 58.4 Å². The topological polar surface area (TPSA) is 98.9 Å². The lowest BCUT2D eigenvalue weighted by Crippen LogP contribution is -2.25. The number of likely N-dealkylation sites (tertiary alicyclic amines) is 1. The molecule has 1 fully saturated rings. The second kappa shape index (κ2) is 13.2. The van der Waals surface area contributed by atoms with Crippen molar-refractivity contribution in [2.45, 2.75) is 38.3 Å².